The molecule has 21 heavy (non-hydrogen) atoms. The molecule has 0 unspecified atom stereocenters. The number of nitrogens with zero attached hydrogens (tertiary/aromatic N) is 1. The lowest BCUT2D eigenvalue weighted by Crippen LogP contribution is -2.01. The van der Waals surface area contributed by atoms with Crippen LogP contribution < -0.4 is 14.8 Å². The average Bonchev–Trinajstić information content (AvgIpc) is 2.51. The second-order valence-electron chi connectivity index (χ2n) is 4.63. The van der Waals surface area contributed by atoms with Gasteiger partial charge in [0.2, 0.25) is 0 Å². The predicted octanol–water partition coefficient (Wildman–Crippen LogP) is 3.52. The van der Waals surface area contributed by atoms with Crippen LogP contribution in [0.2, 0.25) is 0 Å². The first kappa shape index (κ1) is 14.7. The number of anilines is 1. The fraction of sp³-hybridized carbons (Fsp3) is 0.235. The molecule has 4 heteroatoms. The Morgan fingerprint density at radius 3 is 2.76 bits per heavy atom. The minimum atomic E-state index is 0.0640. The lowest BCUT2D eigenvalue weighted by atomic mass is 10.1. The maximum absolute atomic E-state index is 8.52. The van der Waals surface area contributed by atoms with Crippen LogP contribution in [-0.2, 0) is 6.54 Å². The van der Waals surface area contributed by atoms with Crippen molar-refractivity contribution >= 4 is 5.69 Å². The van der Waals surface area contributed by atoms with Gasteiger partial charge in [0.25, 0.3) is 0 Å². The third kappa shape index (κ3) is 4.15. The first-order valence-corrected chi connectivity index (χ1v) is 6.70. The summed E-state index contributed by atoms with van der Waals surface area (Å²) in [5, 5.41) is 11.9. The van der Waals surface area contributed by atoms with Gasteiger partial charge in [0, 0.05) is 12.2 Å². The van der Waals surface area contributed by atoms with Gasteiger partial charge in [-0.25, -0.2) is 0 Å². The highest BCUT2D eigenvalue weighted by molar-refractivity contribution is 5.51. The van der Waals surface area contributed by atoms with Gasteiger partial charge in [0.1, 0.15) is 17.6 Å². The normalized spacial score (nSPS) is 9.76. The molecule has 0 aliphatic carbocycles. The summed E-state index contributed by atoms with van der Waals surface area (Å²) in [6, 6.07) is 15.7. The van der Waals surface area contributed by atoms with Gasteiger partial charge in [-0.15, -0.1) is 0 Å². The quantitative estimate of drug-likeness (QED) is 0.880. The van der Waals surface area contributed by atoms with Crippen LogP contribution in [0.4, 0.5) is 5.69 Å². The Morgan fingerprint density at radius 2 is 2.05 bits per heavy atom. The van der Waals surface area contributed by atoms with Gasteiger partial charge >= 0.3 is 0 Å². The Bertz CT molecular complexity index is 647. The van der Waals surface area contributed by atoms with Crippen molar-refractivity contribution in [3.63, 3.8) is 0 Å². The van der Waals surface area contributed by atoms with Gasteiger partial charge in [-0.1, -0.05) is 12.1 Å². The van der Waals surface area contributed by atoms with Gasteiger partial charge in [-0.3, -0.25) is 0 Å². The lowest BCUT2D eigenvalue weighted by molar-refractivity contribution is 0.368. The molecule has 0 heterocycles. The fourth-order valence-corrected chi connectivity index (χ4v) is 2.05. The molecule has 4 nitrogen and oxygen atoms in total. The highest BCUT2D eigenvalue weighted by Crippen LogP contribution is 2.22. The van der Waals surface area contributed by atoms with Crippen molar-refractivity contribution in [2.75, 3.05) is 19.0 Å². The molecule has 0 aromatic heterocycles. The van der Waals surface area contributed by atoms with Gasteiger partial charge < -0.3 is 14.8 Å². The molecule has 0 radical (unpaired) electrons. The number of nitrogens with one attached hydrogen (secondary N) is 1. The first-order valence-electron chi connectivity index (χ1n) is 6.70. The largest absolute Gasteiger partial charge is 0.496 e. The maximum Gasteiger partial charge on any atom is 0.174 e. The van der Waals surface area contributed by atoms with Crippen LogP contribution >= 0.6 is 0 Å². The van der Waals surface area contributed by atoms with Gasteiger partial charge in [0.15, 0.2) is 6.61 Å². The van der Waals surface area contributed by atoms with E-state index in [9.17, 15) is 0 Å². The summed E-state index contributed by atoms with van der Waals surface area (Å²) in [7, 11) is 1.67. The van der Waals surface area contributed by atoms with Crippen molar-refractivity contribution in [3.05, 3.63) is 53.6 Å². The first-order chi connectivity index (χ1) is 10.2. The van der Waals surface area contributed by atoms with Gasteiger partial charge in [0.05, 0.1) is 7.11 Å². The monoisotopic (exact) mass is 282 g/mol. The molecule has 2 aromatic carbocycles. The van der Waals surface area contributed by atoms with Gasteiger partial charge in [-0.2, -0.15) is 5.26 Å². The van der Waals surface area contributed by atoms with Crippen molar-refractivity contribution < 1.29 is 9.47 Å². The van der Waals surface area contributed by atoms with Gasteiger partial charge in [-0.05, 0) is 48.4 Å². The third-order valence-electron chi connectivity index (χ3n) is 3.09. The van der Waals surface area contributed by atoms with Crippen molar-refractivity contribution in [1.82, 2.24) is 0 Å². The van der Waals surface area contributed by atoms with E-state index in [1.807, 2.05) is 49.4 Å². The summed E-state index contributed by atoms with van der Waals surface area (Å²) in [5.41, 5.74) is 3.23. The van der Waals surface area contributed by atoms with Crippen molar-refractivity contribution in [3.8, 4) is 17.6 Å². The lowest BCUT2D eigenvalue weighted by Gasteiger charge is -2.10. The van der Waals surface area contributed by atoms with Crippen LogP contribution in [0.25, 0.3) is 0 Å². The molecule has 0 bridgehead atoms. The van der Waals surface area contributed by atoms with Crippen LogP contribution in [0.15, 0.2) is 42.5 Å². The minimum Gasteiger partial charge on any atom is -0.496 e. The molecular weight excluding hydrogens is 264 g/mol. The molecule has 0 amide bonds. The van der Waals surface area contributed by atoms with E-state index in [0.29, 0.717) is 12.3 Å². The van der Waals surface area contributed by atoms with E-state index in [4.69, 9.17) is 14.7 Å². The van der Waals surface area contributed by atoms with Crippen LogP contribution in [0.5, 0.6) is 11.5 Å². The third-order valence-corrected chi connectivity index (χ3v) is 3.09. The molecule has 0 atom stereocenters. The standard InChI is InChI=1S/C17H18N2O2/c1-13-10-15(6-7-17(13)20-2)19-12-14-4-3-5-16(11-14)21-9-8-18/h3-7,10-11,19H,9,12H2,1-2H3. The number of ether oxygens (including phenoxy) is 2. The summed E-state index contributed by atoms with van der Waals surface area (Å²) in [6.07, 6.45) is 0. The van der Waals surface area contributed by atoms with Crippen molar-refractivity contribution in [2.24, 2.45) is 0 Å². The summed E-state index contributed by atoms with van der Waals surface area (Å²) in [5.74, 6) is 1.59. The smallest absolute Gasteiger partial charge is 0.174 e. The topological polar surface area (TPSA) is 54.3 Å². The SMILES string of the molecule is COc1ccc(NCc2cccc(OCC#N)c2)cc1C. The van der Waals surface area contributed by atoms with E-state index >= 15 is 0 Å². The summed E-state index contributed by atoms with van der Waals surface area (Å²) < 4.78 is 10.5. The summed E-state index contributed by atoms with van der Waals surface area (Å²) >= 11 is 0. The highest BCUT2D eigenvalue weighted by atomic mass is 16.5. The minimum absolute atomic E-state index is 0.0640. The Hall–Kier alpha value is -2.67. The number of hydrogen-bond donors (Lipinski definition) is 1. The Balaban J connectivity index is 1.99. The second kappa shape index (κ2) is 7.20. The Kier molecular flexibility index (Phi) is 5.05. The molecule has 2 aromatic rings. The molecule has 0 aliphatic heterocycles. The molecule has 0 spiro atoms. The fourth-order valence-electron chi connectivity index (χ4n) is 2.05. The highest BCUT2D eigenvalue weighted by Gasteiger charge is 2.01. The zero-order valence-corrected chi connectivity index (χ0v) is 12.2. The average molecular weight is 282 g/mol. The molecule has 0 saturated heterocycles. The van der Waals surface area contributed by atoms with E-state index in [1.54, 1.807) is 7.11 Å². The van der Waals surface area contributed by atoms with E-state index < -0.39 is 0 Å². The van der Waals surface area contributed by atoms with Crippen molar-refractivity contribution in [1.29, 1.82) is 5.26 Å². The number of rotatable bonds is 6. The molecule has 2 rings (SSSR count). The molecule has 0 saturated carbocycles. The molecule has 1 N–H and O–H groups in total. The van der Waals surface area contributed by atoms with Crippen molar-refractivity contribution in [2.45, 2.75) is 13.5 Å². The van der Waals surface area contributed by atoms with Crippen LogP contribution in [-0.4, -0.2) is 13.7 Å². The van der Waals surface area contributed by atoms with Crippen LogP contribution in [0.1, 0.15) is 11.1 Å². The second-order valence-corrected chi connectivity index (χ2v) is 4.63. The Labute approximate surface area is 124 Å². The number of benzene rings is 2. The summed E-state index contributed by atoms with van der Waals surface area (Å²) in [6.45, 7) is 2.77. The number of nitriles is 1. The number of hydrogen-bond acceptors (Lipinski definition) is 4. The Morgan fingerprint density at radius 1 is 1.19 bits per heavy atom. The van der Waals surface area contributed by atoms with E-state index in [-0.39, 0.29) is 6.61 Å². The molecule has 108 valence electrons. The summed E-state index contributed by atoms with van der Waals surface area (Å²) in [4.78, 5) is 0. The zero-order valence-electron chi connectivity index (χ0n) is 12.2. The predicted molar refractivity (Wildman–Crippen MR) is 82.6 cm³/mol. The van der Waals surface area contributed by atoms with Crippen LogP contribution in [0, 0.1) is 18.3 Å². The molecular formula is C17H18N2O2. The van der Waals surface area contributed by atoms with E-state index in [1.165, 1.54) is 0 Å². The molecule has 0 fully saturated rings. The van der Waals surface area contributed by atoms with Crippen LogP contribution in [0.3, 0.4) is 0 Å². The van der Waals surface area contributed by atoms with E-state index in [2.05, 4.69) is 11.4 Å². The zero-order chi connectivity index (χ0) is 15.1. The molecule has 0 aliphatic rings. The van der Waals surface area contributed by atoms with E-state index in [0.717, 1.165) is 22.6 Å². The number of methoxy groups -OCH3 is 1. The number of aryl methyl sites for hydroxylation is 1. The maximum atomic E-state index is 8.52.